The standard InChI is InChI=1S/C18H18Cl2N2O4/c1-25-13-4-2-11(3-5-13)6-7-22-16(23)10-26-18(24)14-8-12(19)9-15(20)17(14)21/h2-5,8-9H,6-7,10,21H2,1H3,(H,22,23). The molecule has 0 saturated carbocycles. The summed E-state index contributed by atoms with van der Waals surface area (Å²) in [6.07, 6.45) is 0.639. The van der Waals surface area contributed by atoms with Crippen LogP contribution in [0, 0.1) is 0 Å². The first-order chi connectivity index (χ1) is 12.4. The summed E-state index contributed by atoms with van der Waals surface area (Å²) in [6.45, 7) is -0.0150. The van der Waals surface area contributed by atoms with E-state index in [0.29, 0.717) is 13.0 Å². The number of nitrogens with two attached hydrogens (primary N) is 1. The molecule has 26 heavy (non-hydrogen) atoms. The lowest BCUT2D eigenvalue weighted by atomic mass is 10.1. The van der Waals surface area contributed by atoms with Gasteiger partial charge in [-0.3, -0.25) is 4.79 Å². The third-order valence-electron chi connectivity index (χ3n) is 3.54. The number of esters is 1. The number of hydrogen-bond acceptors (Lipinski definition) is 5. The maximum atomic E-state index is 12.0. The Hall–Kier alpha value is -2.44. The highest BCUT2D eigenvalue weighted by Crippen LogP contribution is 2.27. The Morgan fingerprint density at radius 1 is 1.15 bits per heavy atom. The number of nitrogens with one attached hydrogen (secondary N) is 1. The smallest absolute Gasteiger partial charge is 0.340 e. The molecule has 0 saturated heterocycles. The zero-order valence-corrected chi connectivity index (χ0v) is 15.6. The molecule has 1 amide bonds. The third kappa shape index (κ3) is 5.54. The van der Waals surface area contributed by atoms with Gasteiger partial charge in [-0.1, -0.05) is 35.3 Å². The summed E-state index contributed by atoms with van der Waals surface area (Å²) in [7, 11) is 1.60. The predicted molar refractivity (Wildman–Crippen MR) is 101 cm³/mol. The van der Waals surface area contributed by atoms with E-state index in [1.54, 1.807) is 7.11 Å². The van der Waals surface area contributed by atoms with Gasteiger partial charge in [0.05, 0.1) is 23.4 Å². The van der Waals surface area contributed by atoms with E-state index in [9.17, 15) is 9.59 Å². The van der Waals surface area contributed by atoms with Crippen LogP contribution in [-0.4, -0.2) is 32.1 Å². The van der Waals surface area contributed by atoms with Crippen molar-refractivity contribution in [2.45, 2.75) is 6.42 Å². The largest absolute Gasteiger partial charge is 0.497 e. The topological polar surface area (TPSA) is 90.6 Å². The maximum absolute atomic E-state index is 12.0. The fourth-order valence-electron chi connectivity index (χ4n) is 2.15. The van der Waals surface area contributed by atoms with Crippen molar-refractivity contribution < 1.29 is 19.1 Å². The molecule has 2 rings (SSSR count). The van der Waals surface area contributed by atoms with Crippen molar-refractivity contribution in [3.8, 4) is 5.75 Å². The van der Waals surface area contributed by atoms with Crippen molar-refractivity contribution in [3.63, 3.8) is 0 Å². The van der Waals surface area contributed by atoms with Crippen molar-refractivity contribution in [2.24, 2.45) is 0 Å². The number of anilines is 1. The summed E-state index contributed by atoms with van der Waals surface area (Å²) in [5, 5.41) is 3.07. The van der Waals surface area contributed by atoms with E-state index in [-0.39, 0.29) is 21.3 Å². The fourth-order valence-corrected chi connectivity index (χ4v) is 2.65. The molecule has 0 spiro atoms. The van der Waals surface area contributed by atoms with Gasteiger partial charge in [-0.25, -0.2) is 4.79 Å². The summed E-state index contributed by atoms with van der Waals surface area (Å²) >= 11 is 11.7. The monoisotopic (exact) mass is 396 g/mol. The van der Waals surface area contributed by atoms with Gasteiger partial charge in [-0.15, -0.1) is 0 Å². The van der Waals surface area contributed by atoms with Gasteiger partial charge in [-0.05, 0) is 36.2 Å². The molecule has 0 aliphatic carbocycles. The van der Waals surface area contributed by atoms with E-state index in [4.69, 9.17) is 38.4 Å². The van der Waals surface area contributed by atoms with Crippen LogP contribution in [0.1, 0.15) is 15.9 Å². The Bertz CT molecular complexity index is 795. The van der Waals surface area contributed by atoms with Crippen LogP contribution in [0.5, 0.6) is 5.75 Å². The number of hydrogen-bond donors (Lipinski definition) is 2. The fraction of sp³-hybridized carbons (Fsp3) is 0.222. The van der Waals surface area contributed by atoms with Crippen LogP contribution in [0.3, 0.4) is 0 Å². The Morgan fingerprint density at radius 3 is 2.50 bits per heavy atom. The zero-order chi connectivity index (χ0) is 19.1. The molecule has 6 nitrogen and oxygen atoms in total. The van der Waals surface area contributed by atoms with E-state index in [0.717, 1.165) is 11.3 Å². The number of halogens is 2. The second-order valence-corrected chi connectivity index (χ2v) is 6.22. The molecule has 2 aromatic carbocycles. The van der Waals surface area contributed by atoms with Crippen LogP contribution in [-0.2, 0) is 16.0 Å². The first-order valence-electron chi connectivity index (χ1n) is 7.72. The van der Waals surface area contributed by atoms with E-state index in [1.807, 2.05) is 24.3 Å². The second kappa shape index (κ2) is 9.31. The van der Waals surface area contributed by atoms with Crippen LogP contribution in [0.15, 0.2) is 36.4 Å². The van der Waals surface area contributed by atoms with E-state index in [1.165, 1.54) is 12.1 Å². The Morgan fingerprint density at radius 2 is 1.85 bits per heavy atom. The molecule has 3 N–H and O–H groups in total. The lowest BCUT2D eigenvalue weighted by Gasteiger charge is -2.09. The predicted octanol–water partition coefficient (Wildman–Crippen LogP) is 3.10. The molecule has 0 atom stereocenters. The number of carbonyl (C=O) groups is 2. The molecular weight excluding hydrogens is 379 g/mol. The first kappa shape index (κ1) is 19.9. The number of nitrogen functional groups attached to an aromatic ring is 1. The van der Waals surface area contributed by atoms with Gasteiger partial charge in [-0.2, -0.15) is 0 Å². The SMILES string of the molecule is COc1ccc(CCNC(=O)COC(=O)c2cc(Cl)cc(Cl)c2N)cc1. The van der Waals surface area contributed by atoms with Crippen molar-refractivity contribution in [2.75, 3.05) is 26.0 Å². The van der Waals surface area contributed by atoms with Gasteiger partial charge < -0.3 is 20.5 Å². The Kier molecular flexibility index (Phi) is 7.12. The molecule has 0 heterocycles. The molecule has 0 radical (unpaired) electrons. The minimum atomic E-state index is -0.766. The lowest BCUT2D eigenvalue weighted by molar-refractivity contribution is -0.124. The molecule has 0 aliphatic heterocycles. The molecule has 0 bridgehead atoms. The molecule has 2 aromatic rings. The molecule has 0 unspecified atom stereocenters. The van der Waals surface area contributed by atoms with Gasteiger partial charge >= 0.3 is 5.97 Å². The number of carbonyl (C=O) groups excluding carboxylic acids is 2. The van der Waals surface area contributed by atoms with Gasteiger partial charge in [0.25, 0.3) is 5.91 Å². The van der Waals surface area contributed by atoms with E-state index < -0.39 is 18.5 Å². The summed E-state index contributed by atoms with van der Waals surface area (Å²) in [5.41, 5.74) is 6.85. The molecule has 0 aromatic heterocycles. The van der Waals surface area contributed by atoms with Crippen molar-refractivity contribution in [3.05, 3.63) is 57.6 Å². The van der Waals surface area contributed by atoms with Gasteiger partial charge in [0, 0.05) is 11.6 Å². The Balaban J connectivity index is 1.78. The van der Waals surface area contributed by atoms with Gasteiger partial charge in [0.1, 0.15) is 5.75 Å². The van der Waals surface area contributed by atoms with Crippen LogP contribution in [0.4, 0.5) is 5.69 Å². The molecule has 0 aliphatic rings. The van der Waals surface area contributed by atoms with Crippen LogP contribution < -0.4 is 15.8 Å². The maximum Gasteiger partial charge on any atom is 0.340 e. The number of amides is 1. The summed E-state index contributed by atoms with van der Waals surface area (Å²) < 4.78 is 10.0. The summed E-state index contributed by atoms with van der Waals surface area (Å²) in [6, 6.07) is 10.3. The van der Waals surface area contributed by atoms with Crippen molar-refractivity contribution in [1.29, 1.82) is 0 Å². The normalized spacial score (nSPS) is 10.3. The number of ether oxygens (including phenoxy) is 2. The van der Waals surface area contributed by atoms with Crippen LogP contribution in [0.25, 0.3) is 0 Å². The first-order valence-corrected chi connectivity index (χ1v) is 8.47. The van der Waals surface area contributed by atoms with Gasteiger partial charge in [0.15, 0.2) is 6.61 Å². The molecule has 138 valence electrons. The van der Waals surface area contributed by atoms with Crippen LogP contribution in [0.2, 0.25) is 10.0 Å². The quantitative estimate of drug-likeness (QED) is 0.554. The number of rotatable bonds is 7. The highest BCUT2D eigenvalue weighted by molar-refractivity contribution is 6.37. The van der Waals surface area contributed by atoms with E-state index >= 15 is 0 Å². The highest BCUT2D eigenvalue weighted by atomic mass is 35.5. The minimum Gasteiger partial charge on any atom is -0.497 e. The van der Waals surface area contributed by atoms with Crippen LogP contribution >= 0.6 is 23.2 Å². The average Bonchev–Trinajstić information content (AvgIpc) is 2.63. The average molecular weight is 397 g/mol. The van der Waals surface area contributed by atoms with Crippen molar-refractivity contribution >= 4 is 40.8 Å². The van der Waals surface area contributed by atoms with E-state index in [2.05, 4.69) is 5.32 Å². The third-order valence-corrected chi connectivity index (χ3v) is 4.07. The van der Waals surface area contributed by atoms with Crippen molar-refractivity contribution in [1.82, 2.24) is 5.32 Å². The second-order valence-electron chi connectivity index (χ2n) is 5.37. The highest BCUT2D eigenvalue weighted by Gasteiger charge is 2.16. The minimum absolute atomic E-state index is 0.0218. The molecule has 0 fully saturated rings. The lowest BCUT2D eigenvalue weighted by Crippen LogP contribution is -2.30. The number of benzene rings is 2. The molecular formula is C18H18Cl2N2O4. The number of methoxy groups -OCH3 is 1. The Labute approximate surface area is 161 Å². The van der Waals surface area contributed by atoms with Gasteiger partial charge in [0.2, 0.25) is 0 Å². The zero-order valence-electron chi connectivity index (χ0n) is 14.1. The summed E-state index contributed by atoms with van der Waals surface area (Å²) in [4.78, 5) is 23.8. The summed E-state index contributed by atoms with van der Waals surface area (Å²) in [5.74, 6) is -0.416. The molecule has 8 heteroatoms.